The molecule has 2 aromatic rings. The van der Waals surface area contributed by atoms with Crippen LogP contribution in [0.1, 0.15) is 42.6 Å². The number of benzene rings is 1. The molecule has 118 valence electrons. The summed E-state index contributed by atoms with van der Waals surface area (Å²) in [6.45, 7) is 2.20. The van der Waals surface area contributed by atoms with Crippen molar-refractivity contribution in [3.63, 3.8) is 0 Å². The van der Waals surface area contributed by atoms with E-state index in [1.165, 1.54) is 11.1 Å². The second-order valence-electron chi connectivity index (χ2n) is 7.33. The zero-order chi connectivity index (χ0) is 15.8. The Balaban J connectivity index is 1.40. The summed E-state index contributed by atoms with van der Waals surface area (Å²) in [6, 6.07) is 8.51. The van der Waals surface area contributed by atoms with Crippen LogP contribution in [0.4, 0.5) is 5.82 Å². The Morgan fingerprint density at radius 1 is 1.22 bits per heavy atom. The molecule has 1 aromatic heterocycles. The lowest BCUT2D eigenvalue weighted by atomic mass is 10.0. The number of aromatic nitrogens is 2. The summed E-state index contributed by atoms with van der Waals surface area (Å²) < 4.78 is 0. The maximum Gasteiger partial charge on any atom is 0.138 e. The molecule has 0 spiro atoms. The highest BCUT2D eigenvalue weighted by Gasteiger charge is 2.56. The van der Waals surface area contributed by atoms with Crippen molar-refractivity contribution in [3.8, 4) is 0 Å². The third kappa shape index (κ3) is 2.17. The predicted octanol–water partition coefficient (Wildman–Crippen LogP) is 4.59. The van der Waals surface area contributed by atoms with Crippen molar-refractivity contribution in [2.45, 2.75) is 43.6 Å². The number of halogens is 2. The summed E-state index contributed by atoms with van der Waals surface area (Å²) in [7, 11) is 0. The predicted molar refractivity (Wildman–Crippen MR) is 92.4 cm³/mol. The number of fused-ring (bicyclic) bond motifs is 3. The van der Waals surface area contributed by atoms with Crippen molar-refractivity contribution >= 4 is 29.0 Å². The minimum atomic E-state index is 0.126. The molecule has 3 nitrogen and oxygen atoms in total. The van der Waals surface area contributed by atoms with Gasteiger partial charge in [0.25, 0.3) is 0 Å². The lowest BCUT2D eigenvalue weighted by Gasteiger charge is -2.13. The number of hydrogen-bond acceptors (Lipinski definition) is 3. The number of nitrogens with zero attached hydrogens (tertiary/aromatic N) is 2. The van der Waals surface area contributed by atoms with Gasteiger partial charge in [0.05, 0.1) is 0 Å². The number of hydrogen-bond donors (Lipinski definition) is 1. The SMILES string of the molecule is CC1(c2nc(Cl)cc(NC3C4Cc5c(Cl)cccc5C43)n2)CC1. The maximum absolute atomic E-state index is 6.30. The highest BCUT2D eigenvalue weighted by atomic mass is 35.5. The van der Waals surface area contributed by atoms with E-state index >= 15 is 0 Å². The molecule has 5 heteroatoms. The van der Waals surface area contributed by atoms with Gasteiger partial charge in [-0.15, -0.1) is 0 Å². The first kappa shape index (κ1) is 14.1. The van der Waals surface area contributed by atoms with Gasteiger partial charge >= 0.3 is 0 Å². The highest BCUT2D eigenvalue weighted by Crippen LogP contribution is 2.58. The van der Waals surface area contributed by atoms with E-state index in [1.807, 2.05) is 18.2 Å². The van der Waals surface area contributed by atoms with E-state index in [4.69, 9.17) is 28.2 Å². The van der Waals surface area contributed by atoms with E-state index in [0.717, 1.165) is 35.9 Å². The minimum absolute atomic E-state index is 0.126. The minimum Gasteiger partial charge on any atom is -0.366 e. The van der Waals surface area contributed by atoms with Crippen molar-refractivity contribution in [3.05, 3.63) is 51.4 Å². The Morgan fingerprint density at radius 2 is 2.04 bits per heavy atom. The average Bonchev–Trinajstić information content (AvgIpc) is 3.37. The first-order valence-corrected chi connectivity index (χ1v) is 8.90. The van der Waals surface area contributed by atoms with Gasteiger partial charge < -0.3 is 5.32 Å². The Kier molecular flexibility index (Phi) is 2.82. The fraction of sp³-hybridized carbons (Fsp3) is 0.444. The van der Waals surface area contributed by atoms with Gasteiger partial charge in [0.1, 0.15) is 16.8 Å². The molecule has 1 aromatic carbocycles. The molecule has 2 saturated carbocycles. The van der Waals surface area contributed by atoms with Crippen molar-refractivity contribution in [1.29, 1.82) is 0 Å². The van der Waals surface area contributed by atoms with E-state index in [-0.39, 0.29) is 5.41 Å². The number of nitrogens with one attached hydrogen (secondary N) is 1. The average molecular weight is 346 g/mol. The quantitative estimate of drug-likeness (QED) is 0.827. The van der Waals surface area contributed by atoms with E-state index < -0.39 is 0 Å². The summed E-state index contributed by atoms with van der Waals surface area (Å²) >= 11 is 12.5. The zero-order valence-corrected chi connectivity index (χ0v) is 14.3. The third-order valence-corrected chi connectivity index (χ3v) is 6.22. The van der Waals surface area contributed by atoms with Crippen LogP contribution in [0.3, 0.4) is 0 Å². The van der Waals surface area contributed by atoms with Crippen LogP contribution in [-0.2, 0) is 11.8 Å². The topological polar surface area (TPSA) is 37.8 Å². The van der Waals surface area contributed by atoms with E-state index in [1.54, 1.807) is 0 Å². The van der Waals surface area contributed by atoms with Gasteiger partial charge in [-0.25, -0.2) is 9.97 Å². The van der Waals surface area contributed by atoms with Gasteiger partial charge in [-0.3, -0.25) is 0 Å². The van der Waals surface area contributed by atoms with Crippen LogP contribution in [0, 0.1) is 5.92 Å². The molecular weight excluding hydrogens is 329 g/mol. The van der Waals surface area contributed by atoms with E-state index in [0.29, 0.717) is 23.0 Å². The largest absolute Gasteiger partial charge is 0.366 e. The summed E-state index contributed by atoms with van der Waals surface area (Å²) in [5.41, 5.74) is 2.85. The van der Waals surface area contributed by atoms with Crippen LogP contribution in [0.5, 0.6) is 0 Å². The van der Waals surface area contributed by atoms with Crippen LogP contribution >= 0.6 is 23.2 Å². The molecule has 23 heavy (non-hydrogen) atoms. The third-order valence-electron chi connectivity index (χ3n) is 5.67. The Morgan fingerprint density at radius 3 is 2.83 bits per heavy atom. The second kappa shape index (κ2) is 4.61. The van der Waals surface area contributed by atoms with Crippen LogP contribution in [-0.4, -0.2) is 16.0 Å². The molecule has 0 amide bonds. The lowest BCUT2D eigenvalue weighted by molar-refractivity contribution is 0.708. The van der Waals surface area contributed by atoms with Crippen LogP contribution in [0.25, 0.3) is 0 Å². The highest BCUT2D eigenvalue weighted by molar-refractivity contribution is 6.31. The van der Waals surface area contributed by atoms with Crippen molar-refractivity contribution in [1.82, 2.24) is 9.97 Å². The van der Waals surface area contributed by atoms with Crippen LogP contribution in [0.15, 0.2) is 24.3 Å². The maximum atomic E-state index is 6.30. The molecule has 0 bridgehead atoms. The smallest absolute Gasteiger partial charge is 0.138 e. The molecule has 3 atom stereocenters. The summed E-state index contributed by atoms with van der Waals surface area (Å²) in [4.78, 5) is 9.13. The van der Waals surface area contributed by atoms with Crippen LogP contribution < -0.4 is 5.32 Å². The molecule has 3 aliphatic rings. The molecule has 0 saturated heterocycles. The van der Waals surface area contributed by atoms with Gasteiger partial charge in [-0.2, -0.15) is 0 Å². The number of anilines is 1. The van der Waals surface area contributed by atoms with Gasteiger partial charge in [0.15, 0.2) is 0 Å². The lowest BCUT2D eigenvalue weighted by Crippen LogP contribution is -2.14. The molecule has 5 rings (SSSR count). The Labute approximate surface area is 145 Å². The van der Waals surface area contributed by atoms with E-state index in [2.05, 4.69) is 23.3 Å². The molecular formula is C18H17Cl2N3. The first-order valence-electron chi connectivity index (χ1n) is 8.14. The first-order chi connectivity index (χ1) is 11.0. The second-order valence-corrected chi connectivity index (χ2v) is 8.13. The molecule has 1 heterocycles. The Hall–Kier alpha value is -1.32. The van der Waals surface area contributed by atoms with Gasteiger partial charge in [0, 0.05) is 28.5 Å². The molecule has 0 aliphatic heterocycles. The monoisotopic (exact) mass is 345 g/mol. The van der Waals surface area contributed by atoms with Gasteiger partial charge in [-0.1, -0.05) is 42.3 Å². The standard InChI is InChI=1S/C18H17Cl2N3/c1-18(5-6-18)17-21-13(20)8-14(23-17)22-16-11-7-10-9(15(11)16)3-2-4-12(10)19/h2-4,8,11,15-16H,5-7H2,1H3,(H,21,22,23). The summed E-state index contributed by atoms with van der Waals surface area (Å²) in [6.07, 6.45) is 3.35. The van der Waals surface area contributed by atoms with Crippen molar-refractivity contribution in [2.75, 3.05) is 5.32 Å². The zero-order valence-electron chi connectivity index (χ0n) is 12.8. The Bertz CT molecular complexity index is 816. The van der Waals surface area contributed by atoms with E-state index in [9.17, 15) is 0 Å². The fourth-order valence-corrected chi connectivity index (χ4v) is 4.37. The number of rotatable bonds is 3. The fourth-order valence-electron chi connectivity index (χ4n) is 3.93. The van der Waals surface area contributed by atoms with Crippen molar-refractivity contribution < 1.29 is 0 Å². The summed E-state index contributed by atoms with van der Waals surface area (Å²) in [5, 5.41) is 5.01. The van der Waals surface area contributed by atoms with Gasteiger partial charge in [-0.05, 0) is 42.4 Å². The summed E-state index contributed by atoms with van der Waals surface area (Å²) in [5.74, 6) is 2.91. The van der Waals surface area contributed by atoms with Crippen molar-refractivity contribution in [2.24, 2.45) is 5.92 Å². The normalized spacial score (nSPS) is 28.9. The van der Waals surface area contributed by atoms with Gasteiger partial charge in [0.2, 0.25) is 0 Å². The van der Waals surface area contributed by atoms with Crippen LogP contribution in [0.2, 0.25) is 10.2 Å². The molecule has 3 aliphatic carbocycles. The molecule has 2 fully saturated rings. The molecule has 1 N–H and O–H groups in total. The molecule has 3 unspecified atom stereocenters. The molecule has 0 radical (unpaired) electrons.